The van der Waals surface area contributed by atoms with Crippen LogP contribution in [0, 0.1) is 0 Å². The molecule has 0 aliphatic carbocycles. The van der Waals surface area contributed by atoms with Crippen LogP contribution in [0.4, 0.5) is 0 Å². The van der Waals surface area contributed by atoms with Gasteiger partial charge in [0.15, 0.2) is 0 Å². The number of carbonyl (C=O) groups excluding carboxylic acids is 2. The molecule has 0 saturated carbocycles. The number of sulfonamides is 1. The van der Waals surface area contributed by atoms with Crippen molar-refractivity contribution in [2.45, 2.75) is 61.2 Å². The highest BCUT2D eigenvalue weighted by Gasteiger charge is 2.36. The van der Waals surface area contributed by atoms with Crippen LogP contribution in [0.5, 0.6) is 0 Å². The summed E-state index contributed by atoms with van der Waals surface area (Å²) in [4.78, 5) is 32.4. The van der Waals surface area contributed by atoms with E-state index in [1.807, 2.05) is 4.90 Å². The molecule has 0 radical (unpaired) electrons. The summed E-state index contributed by atoms with van der Waals surface area (Å²) < 4.78 is 29.7. The Morgan fingerprint density at radius 3 is 2.61 bits per heavy atom. The second-order valence-electron chi connectivity index (χ2n) is 10.1. The van der Waals surface area contributed by atoms with E-state index in [0.717, 1.165) is 60.4 Å². The molecule has 3 aliphatic rings. The molecule has 0 bridgehead atoms. The second-order valence-corrected chi connectivity index (χ2v) is 13.5. The highest BCUT2D eigenvalue weighted by molar-refractivity contribution is 7.91. The number of thiophene rings is 1. The molecule has 2 atom stereocenters. The molecule has 3 aliphatic heterocycles. The van der Waals surface area contributed by atoms with Crippen LogP contribution in [0.2, 0.25) is 5.02 Å². The first-order chi connectivity index (χ1) is 17.3. The Labute approximate surface area is 221 Å². The van der Waals surface area contributed by atoms with Gasteiger partial charge in [0.25, 0.3) is 10.0 Å². The fourth-order valence-electron chi connectivity index (χ4n) is 5.62. The number of nitrogens with zero attached hydrogens (tertiary/aromatic N) is 3. The van der Waals surface area contributed by atoms with Crippen molar-refractivity contribution >= 4 is 54.9 Å². The number of nitrogens with one attached hydrogen (secondary N) is 1. The molecule has 4 heterocycles. The molecule has 1 N–H and O–H groups in total. The molecule has 3 saturated heterocycles. The fourth-order valence-corrected chi connectivity index (χ4v) is 8.42. The van der Waals surface area contributed by atoms with Crippen LogP contribution in [0.1, 0.15) is 44.9 Å². The lowest BCUT2D eigenvalue weighted by Crippen LogP contribution is -2.55. The first-order valence-electron chi connectivity index (χ1n) is 12.8. The molecule has 1 aromatic carbocycles. The first kappa shape index (κ1) is 25.9. The van der Waals surface area contributed by atoms with Gasteiger partial charge in [-0.2, -0.15) is 4.72 Å². The first-order valence-corrected chi connectivity index (χ1v) is 15.5. The number of halogens is 1. The van der Waals surface area contributed by atoms with E-state index >= 15 is 0 Å². The number of benzene rings is 1. The van der Waals surface area contributed by atoms with Gasteiger partial charge in [0, 0.05) is 35.4 Å². The van der Waals surface area contributed by atoms with Gasteiger partial charge in [-0.3, -0.25) is 9.59 Å². The predicted molar refractivity (Wildman–Crippen MR) is 142 cm³/mol. The van der Waals surface area contributed by atoms with Gasteiger partial charge in [-0.25, -0.2) is 8.42 Å². The smallest absolute Gasteiger partial charge is 0.250 e. The lowest BCUT2D eigenvalue weighted by molar-refractivity contribution is -0.143. The normalized spacial score (nSPS) is 24.1. The average molecular weight is 553 g/mol. The topological polar surface area (TPSA) is 90.0 Å². The van der Waals surface area contributed by atoms with Crippen LogP contribution in [-0.2, 0) is 19.6 Å². The zero-order valence-electron chi connectivity index (χ0n) is 20.3. The summed E-state index contributed by atoms with van der Waals surface area (Å²) in [5.41, 5.74) is 0. The predicted octanol–water partition coefficient (Wildman–Crippen LogP) is 3.30. The van der Waals surface area contributed by atoms with Gasteiger partial charge in [-0.05, 0) is 81.3 Å². The Balaban J connectivity index is 1.21. The minimum absolute atomic E-state index is 0.00888. The Morgan fingerprint density at radius 2 is 1.81 bits per heavy atom. The van der Waals surface area contributed by atoms with Crippen LogP contribution in [0.3, 0.4) is 0 Å². The zero-order valence-corrected chi connectivity index (χ0v) is 22.7. The van der Waals surface area contributed by atoms with Crippen molar-refractivity contribution in [2.24, 2.45) is 0 Å². The minimum Gasteiger partial charge on any atom is -0.337 e. The quantitative estimate of drug-likeness (QED) is 0.569. The molecule has 11 heteroatoms. The molecule has 0 spiro atoms. The van der Waals surface area contributed by atoms with E-state index < -0.39 is 16.1 Å². The summed E-state index contributed by atoms with van der Waals surface area (Å²) in [6.45, 7) is 4.30. The maximum absolute atomic E-state index is 13.2. The van der Waals surface area contributed by atoms with Crippen LogP contribution < -0.4 is 4.72 Å². The third-order valence-corrected chi connectivity index (χ3v) is 10.8. The molecule has 2 aromatic rings. The molecule has 3 fully saturated rings. The number of fused-ring (bicyclic) bond motifs is 1. The lowest BCUT2D eigenvalue weighted by atomic mass is 10.1. The average Bonchev–Trinajstić information content (AvgIpc) is 3.49. The Hall–Kier alpha value is -1.72. The van der Waals surface area contributed by atoms with Crippen molar-refractivity contribution in [3.63, 3.8) is 0 Å². The second kappa shape index (κ2) is 10.9. The largest absolute Gasteiger partial charge is 0.337 e. The number of amides is 2. The SMILES string of the molecule is O=C1[C@@H](NS(=O)(=O)c2cc3cc(Cl)ccc3s2)CCCN1CC(=O)N1CCC[C@H]1CN1CCCCC1. The van der Waals surface area contributed by atoms with Gasteiger partial charge in [-0.15, -0.1) is 11.3 Å². The Morgan fingerprint density at radius 1 is 1.03 bits per heavy atom. The third kappa shape index (κ3) is 5.72. The van der Waals surface area contributed by atoms with Crippen molar-refractivity contribution in [2.75, 3.05) is 39.3 Å². The zero-order chi connectivity index (χ0) is 25.3. The number of rotatable bonds is 7. The van der Waals surface area contributed by atoms with E-state index in [4.69, 9.17) is 11.6 Å². The highest BCUT2D eigenvalue weighted by Crippen LogP contribution is 2.31. The fraction of sp³-hybridized carbons (Fsp3) is 0.600. The van der Waals surface area contributed by atoms with E-state index in [2.05, 4.69) is 9.62 Å². The van der Waals surface area contributed by atoms with E-state index in [1.54, 1.807) is 24.3 Å². The molecular formula is C25H33ClN4O4S2. The van der Waals surface area contributed by atoms with Gasteiger partial charge in [0.05, 0.1) is 6.54 Å². The number of carbonyl (C=O) groups is 2. The lowest BCUT2D eigenvalue weighted by Gasteiger charge is -2.36. The summed E-state index contributed by atoms with van der Waals surface area (Å²) in [7, 11) is -3.88. The standard InChI is InChI=1S/C25H33ClN4O4S2/c26-19-8-9-22-18(14-19)15-24(35-22)36(33,34)27-21-7-5-12-29(25(21)32)17-23(31)30-13-4-6-20(30)16-28-10-2-1-3-11-28/h8-9,14-15,20-21,27H,1-7,10-13,16-17H2/t20-,21-/m0/s1. The number of likely N-dealkylation sites (tertiary alicyclic amines) is 3. The number of hydrogen-bond donors (Lipinski definition) is 1. The van der Waals surface area contributed by atoms with E-state index in [1.165, 1.54) is 24.2 Å². The third-order valence-electron chi connectivity index (χ3n) is 7.49. The summed E-state index contributed by atoms with van der Waals surface area (Å²) in [6.07, 6.45) is 6.76. The Kier molecular flexibility index (Phi) is 7.88. The number of piperidine rings is 2. The monoisotopic (exact) mass is 552 g/mol. The van der Waals surface area contributed by atoms with Gasteiger partial charge in [0.2, 0.25) is 11.8 Å². The van der Waals surface area contributed by atoms with Gasteiger partial charge < -0.3 is 14.7 Å². The van der Waals surface area contributed by atoms with Crippen molar-refractivity contribution in [1.82, 2.24) is 19.4 Å². The van der Waals surface area contributed by atoms with Gasteiger partial charge in [0.1, 0.15) is 10.3 Å². The summed E-state index contributed by atoms with van der Waals surface area (Å²) >= 11 is 7.18. The molecule has 2 amide bonds. The molecule has 1 aromatic heterocycles. The van der Waals surface area contributed by atoms with Crippen molar-refractivity contribution in [3.8, 4) is 0 Å². The highest BCUT2D eigenvalue weighted by atomic mass is 35.5. The van der Waals surface area contributed by atoms with E-state index in [-0.39, 0.29) is 28.6 Å². The summed E-state index contributed by atoms with van der Waals surface area (Å²) in [5, 5.41) is 1.29. The minimum atomic E-state index is -3.88. The molecule has 196 valence electrons. The summed E-state index contributed by atoms with van der Waals surface area (Å²) in [6, 6.07) is 6.15. The van der Waals surface area contributed by atoms with Crippen LogP contribution in [-0.4, -0.2) is 86.3 Å². The van der Waals surface area contributed by atoms with Crippen LogP contribution >= 0.6 is 22.9 Å². The van der Waals surface area contributed by atoms with Crippen molar-refractivity contribution in [1.29, 1.82) is 0 Å². The summed E-state index contributed by atoms with van der Waals surface area (Å²) in [5.74, 6) is -0.359. The molecule has 8 nitrogen and oxygen atoms in total. The van der Waals surface area contributed by atoms with Crippen LogP contribution in [0.15, 0.2) is 28.5 Å². The molecule has 0 unspecified atom stereocenters. The maximum Gasteiger partial charge on any atom is 0.250 e. The molecular weight excluding hydrogens is 520 g/mol. The maximum atomic E-state index is 13.2. The molecule has 5 rings (SSSR count). The number of hydrogen-bond acceptors (Lipinski definition) is 6. The Bertz CT molecular complexity index is 1230. The van der Waals surface area contributed by atoms with E-state index in [0.29, 0.717) is 24.4 Å². The van der Waals surface area contributed by atoms with Gasteiger partial charge >= 0.3 is 0 Å². The van der Waals surface area contributed by atoms with Crippen LogP contribution in [0.25, 0.3) is 10.1 Å². The molecule has 36 heavy (non-hydrogen) atoms. The van der Waals surface area contributed by atoms with Crippen molar-refractivity contribution in [3.05, 3.63) is 29.3 Å². The van der Waals surface area contributed by atoms with Crippen molar-refractivity contribution < 1.29 is 18.0 Å². The van der Waals surface area contributed by atoms with E-state index in [9.17, 15) is 18.0 Å². The van der Waals surface area contributed by atoms with Gasteiger partial charge in [-0.1, -0.05) is 18.0 Å².